The van der Waals surface area contributed by atoms with Gasteiger partial charge in [-0.1, -0.05) is 22.6 Å². The zero-order valence-corrected chi connectivity index (χ0v) is 16.2. The maximum absolute atomic E-state index is 12.5. The molecule has 1 unspecified atom stereocenters. The molecule has 8 heteroatoms. The minimum Gasteiger partial charge on any atom is -0.361 e. The average Bonchev–Trinajstić information content (AvgIpc) is 3.35. The Morgan fingerprint density at radius 1 is 1.41 bits per heavy atom. The van der Waals surface area contributed by atoms with Gasteiger partial charge in [-0.05, 0) is 44.4 Å². The normalized spacial score (nSPS) is 16.7. The molecular weight excluding hydrogens is 362 g/mol. The molecule has 1 fully saturated rings. The summed E-state index contributed by atoms with van der Waals surface area (Å²) in [6.45, 7) is 7.00. The Morgan fingerprint density at radius 3 is 2.89 bits per heavy atom. The summed E-state index contributed by atoms with van der Waals surface area (Å²) >= 11 is 1.47. The Kier molecular flexibility index (Phi) is 4.32. The number of hydrogen-bond donors (Lipinski definition) is 1. The van der Waals surface area contributed by atoms with Crippen LogP contribution in [0.5, 0.6) is 0 Å². The Hall–Kier alpha value is -2.92. The Balaban J connectivity index is 1.63. The molecule has 7 nitrogen and oxygen atoms in total. The number of amides is 1. The van der Waals surface area contributed by atoms with Crippen LogP contribution in [0.15, 0.2) is 16.7 Å². The summed E-state index contributed by atoms with van der Waals surface area (Å²) < 4.78 is 6.34. The van der Waals surface area contributed by atoms with Gasteiger partial charge in [0, 0.05) is 18.7 Å². The summed E-state index contributed by atoms with van der Waals surface area (Å²) in [6.07, 6.45) is 2.79. The first-order valence-electron chi connectivity index (χ1n) is 8.77. The summed E-state index contributed by atoms with van der Waals surface area (Å²) in [5, 5.41) is 16.5. The van der Waals surface area contributed by atoms with E-state index < -0.39 is 0 Å². The Morgan fingerprint density at radius 2 is 2.22 bits per heavy atom. The second kappa shape index (κ2) is 6.67. The summed E-state index contributed by atoms with van der Waals surface area (Å²) in [5.41, 5.74) is 4.89. The van der Waals surface area contributed by atoms with E-state index in [0.29, 0.717) is 24.6 Å². The van der Waals surface area contributed by atoms with E-state index in [2.05, 4.69) is 28.6 Å². The number of nitrogens with one attached hydrogen (secondary N) is 1. The fraction of sp³-hybridized carbons (Fsp3) is 0.368. The van der Waals surface area contributed by atoms with Gasteiger partial charge in [-0.25, -0.2) is 4.98 Å². The van der Waals surface area contributed by atoms with Crippen LogP contribution >= 0.6 is 11.3 Å². The van der Waals surface area contributed by atoms with Gasteiger partial charge in [0.2, 0.25) is 5.91 Å². The topological polar surface area (TPSA) is 95.1 Å². The fourth-order valence-corrected chi connectivity index (χ4v) is 4.56. The standard InChI is InChI=1S/C19H19N5O2S/c1-10-14(16-11(2)23-26-12(16)3)4-5-15-17(10)27-19(21-15)22-18(25)13-6-7-24(8-13)9-20/h4-5,13H,6-8H2,1-3H3,(H,21,22,25). The summed E-state index contributed by atoms with van der Waals surface area (Å²) in [4.78, 5) is 18.7. The number of rotatable bonds is 3. The second-order valence-corrected chi connectivity index (χ2v) is 7.82. The van der Waals surface area contributed by atoms with E-state index in [4.69, 9.17) is 9.78 Å². The van der Waals surface area contributed by atoms with Crippen molar-refractivity contribution in [3.8, 4) is 17.3 Å². The number of aromatic nitrogens is 2. The number of benzene rings is 1. The first-order chi connectivity index (χ1) is 13.0. The van der Waals surface area contributed by atoms with Crippen LogP contribution in [0.3, 0.4) is 0 Å². The second-order valence-electron chi connectivity index (χ2n) is 6.83. The number of anilines is 1. The van der Waals surface area contributed by atoms with E-state index >= 15 is 0 Å². The number of aryl methyl sites for hydroxylation is 3. The molecule has 1 saturated heterocycles. The fourth-order valence-electron chi connectivity index (χ4n) is 3.59. The Bertz CT molecular complexity index is 1060. The van der Waals surface area contributed by atoms with Gasteiger partial charge in [0.05, 0.1) is 21.8 Å². The molecule has 3 heterocycles. The number of carbonyl (C=O) groups excluding carboxylic acids is 1. The van der Waals surface area contributed by atoms with Crippen molar-refractivity contribution in [3.05, 3.63) is 29.2 Å². The zero-order chi connectivity index (χ0) is 19.1. The van der Waals surface area contributed by atoms with Crippen molar-refractivity contribution < 1.29 is 9.32 Å². The molecule has 0 spiro atoms. The van der Waals surface area contributed by atoms with E-state index in [0.717, 1.165) is 38.4 Å². The summed E-state index contributed by atoms with van der Waals surface area (Å²) in [7, 11) is 0. The first kappa shape index (κ1) is 17.5. The third kappa shape index (κ3) is 3.04. The quantitative estimate of drug-likeness (QED) is 0.696. The molecule has 1 aliphatic heterocycles. The van der Waals surface area contributed by atoms with Crippen LogP contribution in [0.1, 0.15) is 23.4 Å². The van der Waals surface area contributed by atoms with Crippen molar-refractivity contribution in [3.63, 3.8) is 0 Å². The number of fused-ring (bicyclic) bond motifs is 1. The van der Waals surface area contributed by atoms with E-state index in [-0.39, 0.29) is 11.8 Å². The van der Waals surface area contributed by atoms with Gasteiger partial charge in [0.15, 0.2) is 11.3 Å². The van der Waals surface area contributed by atoms with E-state index in [9.17, 15) is 4.79 Å². The van der Waals surface area contributed by atoms with E-state index in [1.807, 2.05) is 26.0 Å². The minimum absolute atomic E-state index is 0.0737. The SMILES string of the molecule is Cc1noc(C)c1-c1ccc2nc(NC(=O)C3CCN(C#N)C3)sc2c1C. The zero-order valence-electron chi connectivity index (χ0n) is 15.4. The largest absolute Gasteiger partial charge is 0.361 e. The summed E-state index contributed by atoms with van der Waals surface area (Å²) in [6, 6.07) is 3.99. The van der Waals surface area contributed by atoms with Crippen LogP contribution in [-0.2, 0) is 4.79 Å². The van der Waals surface area contributed by atoms with Gasteiger partial charge in [0.25, 0.3) is 0 Å². The molecule has 138 valence electrons. The number of nitriles is 1. The average molecular weight is 381 g/mol. The van der Waals surface area contributed by atoms with Gasteiger partial charge < -0.3 is 14.7 Å². The molecule has 4 rings (SSSR count). The van der Waals surface area contributed by atoms with Crippen molar-refractivity contribution >= 4 is 32.6 Å². The number of carbonyl (C=O) groups is 1. The lowest BCUT2D eigenvalue weighted by Gasteiger charge is -2.08. The number of likely N-dealkylation sites (tertiary alicyclic amines) is 1. The lowest BCUT2D eigenvalue weighted by Crippen LogP contribution is -2.25. The molecule has 1 aliphatic rings. The van der Waals surface area contributed by atoms with Crippen LogP contribution in [-0.4, -0.2) is 34.0 Å². The highest BCUT2D eigenvalue weighted by Crippen LogP contribution is 2.37. The highest BCUT2D eigenvalue weighted by molar-refractivity contribution is 7.22. The van der Waals surface area contributed by atoms with Crippen LogP contribution in [0.4, 0.5) is 5.13 Å². The molecule has 27 heavy (non-hydrogen) atoms. The van der Waals surface area contributed by atoms with Gasteiger partial charge in [0.1, 0.15) is 5.76 Å². The van der Waals surface area contributed by atoms with E-state index in [1.165, 1.54) is 11.3 Å². The first-order valence-corrected chi connectivity index (χ1v) is 9.58. The predicted octanol–water partition coefficient (Wildman–Crippen LogP) is 3.62. The molecule has 2 aromatic heterocycles. The molecular formula is C19H19N5O2S. The maximum atomic E-state index is 12.5. The van der Waals surface area contributed by atoms with Gasteiger partial charge in [-0.15, -0.1) is 0 Å². The molecule has 1 amide bonds. The van der Waals surface area contributed by atoms with Crippen LogP contribution in [0.25, 0.3) is 21.3 Å². The van der Waals surface area contributed by atoms with E-state index in [1.54, 1.807) is 4.90 Å². The molecule has 0 bridgehead atoms. The predicted molar refractivity (Wildman–Crippen MR) is 103 cm³/mol. The van der Waals surface area contributed by atoms with Crippen LogP contribution in [0, 0.1) is 38.1 Å². The lowest BCUT2D eigenvalue weighted by atomic mass is 9.99. The monoisotopic (exact) mass is 381 g/mol. The maximum Gasteiger partial charge on any atom is 0.231 e. The van der Waals surface area contributed by atoms with Gasteiger partial charge in [-0.3, -0.25) is 4.79 Å². The molecule has 0 saturated carbocycles. The van der Waals surface area contributed by atoms with Crippen molar-refractivity contribution in [2.45, 2.75) is 27.2 Å². The minimum atomic E-state index is -0.171. The van der Waals surface area contributed by atoms with Crippen molar-refractivity contribution in [1.29, 1.82) is 5.26 Å². The third-order valence-corrected chi connectivity index (χ3v) is 6.15. The van der Waals surface area contributed by atoms with Crippen molar-refractivity contribution in [2.24, 2.45) is 5.92 Å². The molecule has 3 aromatic rings. The number of thiazole rings is 1. The third-order valence-electron chi connectivity index (χ3n) is 5.04. The van der Waals surface area contributed by atoms with Gasteiger partial charge in [-0.2, -0.15) is 5.26 Å². The van der Waals surface area contributed by atoms with Crippen molar-refractivity contribution in [2.75, 3.05) is 18.4 Å². The van der Waals surface area contributed by atoms with Crippen LogP contribution in [0.2, 0.25) is 0 Å². The number of nitrogens with zero attached hydrogens (tertiary/aromatic N) is 4. The van der Waals surface area contributed by atoms with Crippen molar-refractivity contribution in [1.82, 2.24) is 15.0 Å². The van der Waals surface area contributed by atoms with Crippen LogP contribution < -0.4 is 5.32 Å². The lowest BCUT2D eigenvalue weighted by molar-refractivity contribution is -0.119. The Labute approximate surface area is 160 Å². The molecule has 1 N–H and O–H groups in total. The smallest absolute Gasteiger partial charge is 0.231 e. The summed E-state index contributed by atoms with van der Waals surface area (Å²) in [5.74, 6) is 0.544. The highest BCUT2D eigenvalue weighted by atomic mass is 32.1. The molecule has 1 aromatic carbocycles. The molecule has 0 aliphatic carbocycles. The van der Waals surface area contributed by atoms with Gasteiger partial charge >= 0.3 is 0 Å². The molecule has 0 radical (unpaired) electrons. The number of hydrogen-bond acceptors (Lipinski definition) is 7. The highest BCUT2D eigenvalue weighted by Gasteiger charge is 2.28. The molecule has 1 atom stereocenters.